The van der Waals surface area contributed by atoms with E-state index in [9.17, 15) is 0 Å². The molecule has 0 heterocycles. The first-order valence-corrected chi connectivity index (χ1v) is 18.6. The van der Waals surface area contributed by atoms with Crippen LogP contribution in [-0.4, -0.2) is 24.2 Å². The summed E-state index contributed by atoms with van der Waals surface area (Å²) >= 11 is 1.06. The molecule has 0 N–H and O–H groups in total. The third-order valence-corrected chi connectivity index (χ3v) is 7.79. The molecule has 20 heavy (non-hydrogen) atoms. The van der Waals surface area contributed by atoms with E-state index in [0.29, 0.717) is 0 Å². The van der Waals surface area contributed by atoms with E-state index >= 15 is 0 Å². The monoisotopic (exact) mass is 370 g/mol. The summed E-state index contributed by atoms with van der Waals surface area (Å²) in [5.41, 5.74) is 0. The van der Waals surface area contributed by atoms with Gasteiger partial charge in [-0.15, -0.1) is 24.2 Å². The maximum atomic E-state index is 8.19. The fraction of sp³-hybridized carbons (Fsp3) is 0.800. The standard InChI is InChI=1S/3C5H13Si.O.V/c3*1-5-6(2,3)4;;/h3*5H,1-4H3;;/q3*-1;;. The van der Waals surface area contributed by atoms with E-state index in [4.69, 9.17) is 3.67 Å². The zero-order valence-corrected chi connectivity index (χ0v) is 20.5. The average molecular weight is 371 g/mol. The Morgan fingerprint density at radius 3 is 0.550 bits per heavy atom. The molecular weight excluding hydrogens is 331 g/mol. The second-order valence-electron chi connectivity index (χ2n) is 7.96. The normalized spacial score (nSPS) is 10.9. The van der Waals surface area contributed by atoms with Gasteiger partial charge in [0.1, 0.15) is 0 Å². The quantitative estimate of drug-likeness (QED) is 0.430. The second kappa shape index (κ2) is 15.0. The first-order chi connectivity index (χ1) is 8.68. The summed E-state index contributed by atoms with van der Waals surface area (Å²) in [5.74, 6) is 0. The van der Waals surface area contributed by atoms with Crippen molar-refractivity contribution in [2.24, 2.45) is 0 Å². The van der Waals surface area contributed by atoms with Crippen LogP contribution < -0.4 is 0 Å². The molecule has 0 radical (unpaired) electrons. The summed E-state index contributed by atoms with van der Waals surface area (Å²) in [6.45, 7) is 27.4. The topological polar surface area (TPSA) is 17.1 Å². The van der Waals surface area contributed by atoms with Crippen molar-refractivity contribution in [3.8, 4) is 0 Å². The molecular formula is C15H39OSi3V-3. The molecule has 0 spiro atoms. The van der Waals surface area contributed by atoms with Gasteiger partial charge in [0.2, 0.25) is 0 Å². The molecule has 0 amide bonds. The molecule has 0 aliphatic heterocycles. The van der Waals surface area contributed by atoms with Crippen molar-refractivity contribution in [3.05, 3.63) is 18.1 Å². The van der Waals surface area contributed by atoms with Gasteiger partial charge >= 0.3 is 21.0 Å². The van der Waals surface area contributed by atoms with E-state index in [0.717, 1.165) is 17.4 Å². The molecule has 0 rings (SSSR count). The fourth-order valence-corrected chi connectivity index (χ4v) is 0. The van der Waals surface area contributed by atoms with Gasteiger partial charge in [0, 0.05) is 0 Å². The van der Waals surface area contributed by atoms with Crippen molar-refractivity contribution in [2.45, 2.75) is 79.7 Å². The zero-order valence-electron chi connectivity index (χ0n) is 16.1. The zero-order chi connectivity index (χ0) is 17.6. The summed E-state index contributed by atoms with van der Waals surface area (Å²) in [5, 5.41) is 0. The van der Waals surface area contributed by atoms with Crippen LogP contribution >= 0.6 is 0 Å². The van der Waals surface area contributed by atoms with Crippen LogP contribution in [0.15, 0.2) is 0 Å². The van der Waals surface area contributed by atoms with E-state index in [1.807, 2.05) is 0 Å². The van der Waals surface area contributed by atoms with Crippen molar-refractivity contribution in [2.75, 3.05) is 0 Å². The Morgan fingerprint density at radius 2 is 0.550 bits per heavy atom. The Bertz CT molecular complexity index is 157. The van der Waals surface area contributed by atoms with Gasteiger partial charge < -0.3 is 18.1 Å². The van der Waals surface area contributed by atoms with E-state index in [2.05, 4.69) is 97.8 Å². The summed E-state index contributed by atoms with van der Waals surface area (Å²) in [6, 6.07) is 6.98. The predicted molar refractivity (Wildman–Crippen MR) is 101 cm³/mol. The van der Waals surface area contributed by atoms with Gasteiger partial charge in [-0.05, 0) is 0 Å². The Kier molecular flexibility index (Phi) is 21.8. The fourth-order valence-electron chi connectivity index (χ4n) is 0. The van der Waals surface area contributed by atoms with Crippen molar-refractivity contribution in [3.63, 3.8) is 0 Å². The molecule has 0 bridgehead atoms. The summed E-state index contributed by atoms with van der Waals surface area (Å²) in [4.78, 5) is 0. The minimum atomic E-state index is -0.756. The van der Waals surface area contributed by atoms with E-state index in [1.54, 1.807) is 0 Å². The van der Waals surface area contributed by atoms with Crippen molar-refractivity contribution >= 4 is 24.2 Å². The van der Waals surface area contributed by atoms with Crippen LogP contribution in [0.25, 0.3) is 0 Å². The third kappa shape index (κ3) is 61.5. The van der Waals surface area contributed by atoms with Gasteiger partial charge in [-0.25, -0.2) is 0 Å². The molecule has 0 aromatic heterocycles. The summed E-state index contributed by atoms with van der Waals surface area (Å²) in [7, 11) is -2.27. The molecule has 5 heteroatoms. The van der Waals surface area contributed by atoms with E-state index in [-0.39, 0.29) is 0 Å². The van der Waals surface area contributed by atoms with Crippen LogP contribution in [0.1, 0.15) is 20.8 Å². The van der Waals surface area contributed by atoms with Gasteiger partial charge in [-0.1, -0.05) is 58.9 Å². The molecule has 0 aliphatic rings. The molecule has 125 valence electrons. The first kappa shape index (κ1) is 29.1. The van der Waals surface area contributed by atoms with Gasteiger partial charge in [0.25, 0.3) is 0 Å². The molecule has 0 unspecified atom stereocenters. The van der Waals surface area contributed by atoms with Crippen molar-refractivity contribution < 1.29 is 21.0 Å². The van der Waals surface area contributed by atoms with E-state index < -0.39 is 24.2 Å². The van der Waals surface area contributed by atoms with Crippen LogP contribution in [0.2, 0.25) is 58.9 Å². The third-order valence-electron chi connectivity index (χ3n) is 2.60. The van der Waals surface area contributed by atoms with Gasteiger partial charge in [0.05, 0.1) is 0 Å². The summed E-state index contributed by atoms with van der Waals surface area (Å²) in [6.07, 6.45) is 0. The average Bonchev–Trinajstić information content (AvgIpc) is 2.30. The first-order valence-electron chi connectivity index (χ1n) is 7.28. The number of hydrogen-bond donors (Lipinski definition) is 0. The van der Waals surface area contributed by atoms with Crippen molar-refractivity contribution in [1.82, 2.24) is 0 Å². The van der Waals surface area contributed by atoms with E-state index in [1.165, 1.54) is 0 Å². The number of hydrogen-bond acceptors (Lipinski definition) is 1. The molecule has 0 aliphatic carbocycles. The van der Waals surface area contributed by atoms with Crippen LogP contribution in [-0.2, 0) is 21.0 Å². The number of rotatable bonds is 3. The predicted octanol–water partition coefficient (Wildman–Crippen LogP) is 6.14. The molecule has 0 aromatic rings. The van der Waals surface area contributed by atoms with Gasteiger partial charge in [-0.3, -0.25) is 0 Å². The van der Waals surface area contributed by atoms with Gasteiger partial charge in [0.15, 0.2) is 0 Å². The Hall–Kier alpha value is 1.04. The molecule has 1 nitrogen and oxygen atoms in total. The molecule has 0 saturated carbocycles. The molecule has 0 atom stereocenters. The SMILES string of the molecule is C[CH-][Si](C)(C)C.C[CH-][Si](C)(C)C.C[CH-][Si](C)(C)C.[O]=[V]. The Balaban J connectivity index is -0.0000000902. The second-order valence-corrected chi connectivity index (χ2v) is 23.9. The Morgan fingerprint density at radius 1 is 0.500 bits per heavy atom. The molecule has 0 saturated heterocycles. The molecule has 0 fully saturated rings. The molecule has 0 aromatic carbocycles. The van der Waals surface area contributed by atoms with Crippen LogP contribution in [0.3, 0.4) is 0 Å². The van der Waals surface area contributed by atoms with Crippen LogP contribution in [0.5, 0.6) is 0 Å². The van der Waals surface area contributed by atoms with Gasteiger partial charge in [-0.2, -0.15) is 20.8 Å². The summed E-state index contributed by atoms with van der Waals surface area (Å²) < 4.78 is 8.19. The van der Waals surface area contributed by atoms with Crippen LogP contribution in [0, 0.1) is 18.1 Å². The van der Waals surface area contributed by atoms with Crippen molar-refractivity contribution in [1.29, 1.82) is 0 Å². The Labute approximate surface area is 143 Å². The maximum absolute atomic E-state index is 8.19. The van der Waals surface area contributed by atoms with Crippen LogP contribution in [0.4, 0.5) is 0 Å². The minimum absolute atomic E-state index is 0.756.